The minimum Gasteiger partial charge on any atom is -0.480 e. The summed E-state index contributed by atoms with van der Waals surface area (Å²) in [6.45, 7) is 4.63. The number of esters is 3. The predicted octanol–water partition coefficient (Wildman–Crippen LogP) is 4.39. The second-order valence-corrected chi connectivity index (χ2v) is 6.43. The van der Waals surface area contributed by atoms with Crippen LogP contribution < -0.4 is 4.74 Å². The molecule has 142 valence electrons. The lowest BCUT2D eigenvalue weighted by molar-refractivity contribution is -0.161. The molecule has 0 atom stereocenters. The molecule has 0 heterocycles. The van der Waals surface area contributed by atoms with Crippen molar-refractivity contribution in [1.82, 2.24) is 0 Å². The van der Waals surface area contributed by atoms with E-state index in [1.165, 1.54) is 12.1 Å². The first-order chi connectivity index (χ1) is 12.2. The smallest absolute Gasteiger partial charge is 0.351 e. The van der Waals surface area contributed by atoms with Crippen molar-refractivity contribution in [3.05, 3.63) is 39.4 Å². The van der Waals surface area contributed by atoms with Crippen molar-refractivity contribution in [3.63, 3.8) is 0 Å². The Morgan fingerprint density at radius 1 is 1.00 bits per heavy atom. The number of unbranched alkanes of at least 4 members (excludes halogenated alkanes) is 1. The van der Waals surface area contributed by atoms with Crippen LogP contribution in [0.25, 0.3) is 0 Å². The number of carbonyl (C=O) groups excluding carboxylic acids is 3. The van der Waals surface area contributed by atoms with E-state index in [1.807, 2.05) is 0 Å². The Kier molecular flexibility index (Phi) is 9.48. The SMILES string of the molecule is C=C(C)C(=O)OCCCCC(=O)OC(=O)COc1cc(Cl)c(Cl)cc1Cl. The van der Waals surface area contributed by atoms with Gasteiger partial charge in [-0.15, -0.1) is 0 Å². The summed E-state index contributed by atoms with van der Waals surface area (Å²) >= 11 is 17.5. The maximum Gasteiger partial charge on any atom is 0.351 e. The molecule has 0 aliphatic rings. The van der Waals surface area contributed by atoms with Gasteiger partial charge in [0.05, 0.1) is 21.7 Å². The van der Waals surface area contributed by atoms with E-state index in [9.17, 15) is 14.4 Å². The molecule has 0 aliphatic carbocycles. The largest absolute Gasteiger partial charge is 0.480 e. The first kappa shape index (κ1) is 22.3. The van der Waals surface area contributed by atoms with E-state index in [1.54, 1.807) is 6.92 Å². The average Bonchev–Trinajstić information content (AvgIpc) is 2.56. The zero-order valence-electron chi connectivity index (χ0n) is 14.0. The molecule has 1 aromatic rings. The standard InChI is InChI=1S/C17H17Cl3O6/c1-10(2)17(23)24-6-4-3-5-15(21)26-16(22)9-25-14-8-12(19)11(18)7-13(14)20/h7-8H,1,3-6,9H2,2H3. The fourth-order valence-corrected chi connectivity index (χ4v) is 2.21. The second-order valence-electron chi connectivity index (χ2n) is 5.20. The van der Waals surface area contributed by atoms with Gasteiger partial charge in [0.1, 0.15) is 5.75 Å². The Balaban J connectivity index is 2.26. The Hall–Kier alpha value is -1.76. The van der Waals surface area contributed by atoms with Gasteiger partial charge in [-0.1, -0.05) is 41.4 Å². The molecule has 0 amide bonds. The van der Waals surface area contributed by atoms with Gasteiger partial charge in [-0.2, -0.15) is 0 Å². The molecular weight excluding hydrogens is 407 g/mol. The molecule has 6 nitrogen and oxygen atoms in total. The van der Waals surface area contributed by atoms with Gasteiger partial charge in [0, 0.05) is 18.1 Å². The van der Waals surface area contributed by atoms with Gasteiger partial charge in [0.15, 0.2) is 6.61 Å². The molecule has 0 aliphatic heterocycles. The summed E-state index contributed by atoms with van der Waals surface area (Å²) in [4.78, 5) is 34.3. The second kappa shape index (κ2) is 11.1. The highest BCUT2D eigenvalue weighted by molar-refractivity contribution is 6.43. The molecule has 1 aromatic carbocycles. The lowest BCUT2D eigenvalue weighted by atomic mass is 10.2. The van der Waals surface area contributed by atoms with E-state index in [2.05, 4.69) is 11.3 Å². The quantitative estimate of drug-likeness (QED) is 0.193. The maximum atomic E-state index is 11.6. The zero-order valence-corrected chi connectivity index (χ0v) is 16.2. The third kappa shape index (κ3) is 8.08. The van der Waals surface area contributed by atoms with E-state index in [0.29, 0.717) is 18.4 Å². The van der Waals surface area contributed by atoms with Gasteiger partial charge in [-0.25, -0.2) is 9.59 Å². The Bertz CT molecular complexity index is 702. The lowest BCUT2D eigenvalue weighted by Crippen LogP contribution is -2.19. The lowest BCUT2D eigenvalue weighted by Gasteiger charge is -2.09. The third-order valence-corrected chi connectivity index (χ3v) is 3.92. The predicted molar refractivity (Wildman–Crippen MR) is 97.7 cm³/mol. The van der Waals surface area contributed by atoms with Crippen LogP contribution in [-0.2, 0) is 23.9 Å². The van der Waals surface area contributed by atoms with Crippen molar-refractivity contribution in [1.29, 1.82) is 0 Å². The van der Waals surface area contributed by atoms with Crippen molar-refractivity contribution < 1.29 is 28.6 Å². The van der Waals surface area contributed by atoms with Crippen LogP contribution in [0.15, 0.2) is 24.3 Å². The summed E-state index contributed by atoms with van der Waals surface area (Å²) in [6, 6.07) is 2.73. The highest BCUT2D eigenvalue weighted by atomic mass is 35.5. The molecular formula is C17H17Cl3O6. The van der Waals surface area contributed by atoms with Gasteiger partial charge >= 0.3 is 17.9 Å². The fourth-order valence-electron chi connectivity index (χ4n) is 1.62. The fraction of sp³-hybridized carbons (Fsp3) is 0.353. The summed E-state index contributed by atoms with van der Waals surface area (Å²) < 4.78 is 14.6. The monoisotopic (exact) mass is 422 g/mol. The molecule has 0 aromatic heterocycles. The Morgan fingerprint density at radius 2 is 1.65 bits per heavy atom. The molecule has 0 radical (unpaired) electrons. The minimum atomic E-state index is -0.870. The average molecular weight is 424 g/mol. The highest BCUT2D eigenvalue weighted by Gasteiger charge is 2.13. The summed E-state index contributed by atoms with van der Waals surface area (Å²) in [7, 11) is 0. The normalized spacial score (nSPS) is 10.2. The van der Waals surface area contributed by atoms with E-state index >= 15 is 0 Å². The molecule has 0 bridgehead atoms. The molecule has 0 fully saturated rings. The van der Waals surface area contributed by atoms with Crippen molar-refractivity contribution in [2.45, 2.75) is 26.2 Å². The number of hydrogen-bond acceptors (Lipinski definition) is 6. The van der Waals surface area contributed by atoms with Crippen LogP contribution in [0.2, 0.25) is 15.1 Å². The number of benzene rings is 1. The molecule has 0 unspecified atom stereocenters. The van der Waals surface area contributed by atoms with E-state index in [-0.39, 0.29) is 33.8 Å². The third-order valence-electron chi connectivity index (χ3n) is 2.90. The molecule has 26 heavy (non-hydrogen) atoms. The highest BCUT2D eigenvalue weighted by Crippen LogP contribution is 2.33. The van der Waals surface area contributed by atoms with Crippen LogP contribution in [0.1, 0.15) is 26.2 Å². The number of rotatable bonds is 9. The molecule has 0 spiro atoms. The first-order valence-corrected chi connectivity index (χ1v) is 8.67. The summed E-state index contributed by atoms with van der Waals surface area (Å²) in [6.07, 6.45) is 0.858. The maximum absolute atomic E-state index is 11.6. The van der Waals surface area contributed by atoms with E-state index < -0.39 is 24.5 Å². The van der Waals surface area contributed by atoms with Crippen molar-refractivity contribution in [2.75, 3.05) is 13.2 Å². The number of halogens is 3. The topological polar surface area (TPSA) is 78.9 Å². The molecule has 0 N–H and O–H groups in total. The number of ether oxygens (including phenoxy) is 3. The van der Waals surface area contributed by atoms with Crippen LogP contribution >= 0.6 is 34.8 Å². The summed E-state index contributed by atoms with van der Waals surface area (Å²) in [5.41, 5.74) is 0.303. The van der Waals surface area contributed by atoms with Crippen molar-refractivity contribution in [3.8, 4) is 5.75 Å². The van der Waals surface area contributed by atoms with Crippen molar-refractivity contribution >= 4 is 52.7 Å². The van der Waals surface area contributed by atoms with Crippen LogP contribution in [0.3, 0.4) is 0 Å². The van der Waals surface area contributed by atoms with E-state index in [4.69, 9.17) is 44.3 Å². The van der Waals surface area contributed by atoms with Gasteiger partial charge in [-0.05, 0) is 25.8 Å². The zero-order chi connectivity index (χ0) is 19.7. The number of hydrogen-bond donors (Lipinski definition) is 0. The van der Waals surface area contributed by atoms with Crippen LogP contribution in [0.5, 0.6) is 5.75 Å². The molecule has 1 rings (SSSR count). The Labute approximate surface area is 165 Å². The summed E-state index contributed by atoms with van der Waals surface area (Å²) in [5, 5.41) is 0.626. The van der Waals surface area contributed by atoms with Crippen LogP contribution in [-0.4, -0.2) is 31.1 Å². The van der Waals surface area contributed by atoms with Gasteiger partial charge < -0.3 is 14.2 Å². The van der Waals surface area contributed by atoms with Crippen molar-refractivity contribution in [2.24, 2.45) is 0 Å². The molecule has 9 heteroatoms. The summed E-state index contributed by atoms with van der Waals surface area (Å²) in [5.74, 6) is -1.92. The Morgan fingerprint density at radius 3 is 2.31 bits per heavy atom. The number of carbonyl (C=O) groups is 3. The van der Waals surface area contributed by atoms with Gasteiger partial charge in [0.25, 0.3) is 0 Å². The van der Waals surface area contributed by atoms with Crippen LogP contribution in [0, 0.1) is 0 Å². The van der Waals surface area contributed by atoms with E-state index in [0.717, 1.165) is 0 Å². The van der Waals surface area contributed by atoms with Gasteiger partial charge in [-0.3, -0.25) is 4.79 Å². The van der Waals surface area contributed by atoms with Gasteiger partial charge in [0.2, 0.25) is 0 Å². The van der Waals surface area contributed by atoms with Crippen LogP contribution in [0.4, 0.5) is 0 Å². The first-order valence-electron chi connectivity index (χ1n) is 7.54. The minimum absolute atomic E-state index is 0.00386. The molecule has 0 saturated heterocycles. The molecule has 0 saturated carbocycles.